The highest BCUT2D eigenvalue weighted by Gasteiger charge is 2.29. The number of benzene rings is 2. The molecule has 0 aliphatic carbocycles. The van der Waals surface area contributed by atoms with Gasteiger partial charge in [-0.15, -0.1) is 0 Å². The van der Waals surface area contributed by atoms with Crippen molar-refractivity contribution in [2.45, 2.75) is 23.8 Å². The summed E-state index contributed by atoms with van der Waals surface area (Å²) < 4.78 is 26.9. The maximum atomic E-state index is 12.7. The number of aromatic nitrogens is 2. The van der Waals surface area contributed by atoms with Crippen LogP contribution in [0.5, 0.6) is 0 Å². The monoisotopic (exact) mass is 356 g/mol. The average molecular weight is 356 g/mol. The van der Waals surface area contributed by atoms with E-state index in [1.54, 1.807) is 34.8 Å². The van der Waals surface area contributed by atoms with Crippen molar-refractivity contribution in [2.24, 2.45) is 0 Å². The lowest BCUT2D eigenvalue weighted by Gasteiger charge is -2.32. The first-order chi connectivity index (χ1) is 12.1. The van der Waals surface area contributed by atoms with Gasteiger partial charge in [0.05, 0.1) is 16.6 Å². The first kappa shape index (κ1) is 16.1. The molecule has 1 saturated heterocycles. The topological polar surface area (TPSA) is 78.1 Å². The molecule has 0 saturated carbocycles. The standard InChI is InChI=1S/C18H20N4O2S/c23-25(24,17-4-2-1-3-5-17)22-10-8-15(9-11-22)20-16-6-7-18-14(12-16)13-19-21-18/h1-7,12-13,15,20H,8-11H2,(H,19,21). The molecule has 0 unspecified atom stereocenters. The van der Waals surface area contributed by atoms with Gasteiger partial charge in [0, 0.05) is 30.2 Å². The van der Waals surface area contributed by atoms with Crippen LogP contribution in [0.4, 0.5) is 5.69 Å². The number of piperidine rings is 1. The van der Waals surface area contributed by atoms with E-state index < -0.39 is 10.0 Å². The summed E-state index contributed by atoms with van der Waals surface area (Å²) in [5, 5.41) is 11.5. The normalized spacial score (nSPS) is 17.0. The van der Waals surface area contributed by atoms with E-state index in [0.717, 1.165) is 29.4 Å². The van der Waals surface area contributed by atoms with Gasteiger partial charge < -0.3 is 5.32 Å². The SMILES string of the molecule is O=S(=O)(c1ccccc1)N1CCC(Nc2ccc3[nH]ncc3c2)CC1. The molecule has 7 heteroatoms. The molecular weight excluding hydrogens is 336 g/mol. The molecule has 0 bridgehead atoms. The Kier molecular flexibility index (Phi) is 4.19. The molecule has 130 valence electrons. The Morgan fingerprint density at radius 1 is 1.08 bits per heavy atom. The van der Waals surface area contributed by atoms with Gasteiger partial charge in [-0.2, -0.15) is 9.40 Å². The average Bonchev–Trinajstić information content (AvgIpc) is 3.11. The van der Waals surface area contributed by atoms with Gasteiger partial charge in [0.1, 0.15) is 0 Å². The Bertz CT molecular complexity index is 961. The highest BCUT2D eigenvalue weighted by molar-refractivity contribution is 7.89. The van der Waals surface area contributed by atoms with Gasteiger partial charge in [-0.1, -0.05) is 18.2 Å². The summed E-state index contributed by atoms with van der Waals surface area (Å²) in [7, 11) is -3.39. The summed E-state index contributed by atoms with van der Waals surface area (Å²) in [6.07, 6.45) is 3.38. The minimum atomic E-state index is -3.39. The van der Waals surface area contributed by atoms with Gasteiger partial charge in [-0.25, -0.2) is 8.42 Å². The maximum Gasteiger partial charge on any atom is 0.243 e. The van der Waals surface area contributed by atoms with E-state index in [1.807, 2.05) is 18.2 Å². The lowest BCUT2D eigenvalue weighted by Crippen LogP contribution is -2.42. The van der Waals surface area contributed by atoms with Crippen LogP contribution in [0.2, 0.25) is 0 Å². The van der Waals surface area contributed by atoms with E-state index in [9.17, 15) is 8.42 Å². The van der Waals surface area contributed by atoms with E-state index in [-0.39, 0.29) is 6.04 Å². The minimum Gasteiger partial charge on any atom is -0.382 e. The van der Waals surface area contributed by atoms with Crippen molar-refractivity contribution in [3.05, 3.63) is 54.7 Å². The van der Waals surface area contributed by atoms with Crippen molar-refractivity contribution < 1.29 is 8.42 Å². The Morgan fingerprint density at radius 3 is 2.60 bits per heavy atom. The Morgan fingerprint density at radius 2 is 1.84 bits per heavy atom. The van der Waals surface area contributed by atoms with Crippen molar-refractivity contribution in [1.82, 2.24) is 14.5 Å². The maximum absolute atomic E-state index is 12.7. The highest BCUT2D eigenvalue weighted by Crippen LogP contribution is 2.24. The zero-order valence-corrected chi connectivity index (χ0v) is 14.5. The van der Waals surface area contributed by atoms with Crippen LogP contribution in [0.15, 0.2) is 59.6 Å². The molecule has 0 radical (unpaired) electrons. The second-order valence-corrected chi connectivity index (χ2v) is 8.25. The largest absolute Gasteiger partial charge is 0.382 e. The van der Waals surface area contributed by atoms with Crippen LogP contribution in [-0.2, 0) is 10.0 Å². The number of fused-ring (bicyclic) bond motifs is 1. The van der Waals surface area contributed by atoms with E-state index in [1.165, 1.54) is 0 Å². The fourth-order valence-electron chi connectivity index (χ4n) is 3.25. The van der Waals surface area contributed by atoms with Crippen molar-refractivity contribution in [1.29, 1.82) is 0 Å². The molecular formula is C18H20N4O2S. The Labute approximate surface area is 146 Å². The molecule has 1 aromatic heterocycles. The molecule has 25 heavy (non-hydrogen) atoms. The number of sulfonamides is 1. The van der Waals surface area contributed by atoms with Crippen LogP contribution in [-0.4, -0.2) is 42.1 Å². The third-order valence-corrected chi connectivity index (χ3v) is 6.56. The molecule has 1 fully saturated rings. The smallest absolute Gasteiger partial charge is 0.243 e. The van der Waals surface area contributed by atoms with Gasteiger partial charge >= 0.3 is 0 Å². The zero-order valence-electron chi connectivity index (χ0n) is 13.7. The summed E-state index contributed by atoms with van der Waals surface area (Å²) in [6, 6.07) is 15.0. The van der Waals surface area contributed by atoms with E-state index in [2.05, 4.69) is 21.6 Å². The molecule has 0 amide bonds. The van der Waals surface area contributed by atoms with Gasteiger partial charge in [-0.05, 0) is 43.2 Å². The number of H-pyrrole nitrogens is 1. The van der Waals surface area contributed by atoms with Crippen LogP contribution in [0.25, 0.3) is 10.9 Å². The quantitative estimate of drug-likeness (QED) is 0.753. The summed E-state index contributed by atoms with van der Waals surface area (Å²) in [5.41, 5.74) is 2.05. The molecule has 2 aromatic carbocycles. The first-order valence-electron chi connectivity index (χ1n) is 8.38. The molecule has 1 aliphatic heterocycles. The van der Waals surface area contributed by atoms with Crippen LogP contribution in [0, 0.1) is 0 Å². The van der Waals surface area contributed by atoms with Crippen molar-refractivity contribution in [3.8, 4) is 0 Å². The van der Waals surface area contributed by atoms with Crippen LogP contribution < -0.4 is 5.32 Å². The zero-order chi connectivity index (χ0) is 17.3. The summed E-state index contributed by atoms with van der Waals surface area (Å²) in [4.78, 5) is 0.367. The van der Waals surface area contributed by atoms with Gasteiger partial charge in [0.25, 0.3) is 0 Å². The molecule has 0 atom stereocenters. The third-order valence-electron chi connectivity index (χ3n) is 4.65. The number of rotatable bonds is 4. The molecule has 2 heterocycles. The number of hydrogen-bond donors (Lipinski definition) is 2. The Balaban J connectivity index is 1.41. The molecule has 6 nitrogen and oxygen atoms in total. The summed E-state index contributed by atoms with van der Waals surface area (Å²) in [6.45, 7) is 1.06. The second-order valence-electron chi connectivity index (χ2n) is 6.31. The molecule has 2 N–H and O–H groups in total. The highest BCUT2D eigenvalue weighted by atomic mass is 32.2. The predicted octanol–water partition coefficient (Wildman–Crippen LogP) is 2.83. The van der Waals surface area contributed by atoms with E-state index in [0.29, 0.717) is 18.0 Å². The number of nitrogens with one attached hydrogen (secondary N) is 2. The molecule has 0 spiro atoms. The van der Waals surface area contributed by atoms with Crippen molar-refractivity contribution in [2.75, 3.05) is 18.4 Å². The number of aromatic amines is 1. The van der Waals surface area contributed by atoms with Gasteiger partial charge in [0.15, 0.2) is 0 Å². The molecule has 3 aromatic rings. The molecule has 1 aliphatic rings. The summed E-state index contributed by atoms with van der Waals surface area (Å²) >= 11 is 0. The first-order valence-corrected chi connectivity index (χ1v) is 9.82. The molecule has 4 rings (SSSR count). The van der Waals surface area contributed by atoms with Crippen LogP contribution in [0.3, 0.4) is 0 Å². The van der Waals surface area contributed by atoms with Crippen LogP contribution in [0.1, 0.15) is 12.8 Å². The fraction of sp³-hybridized carbons (Fsp3) is 0.278. The number of hydrogen-bond acceptors (Lipinski definition) is 4. The van der Waals surface area contributed by atoms with Crippen molar-refractivity contribution >= 4 is 26.6 Å². The second kappa shape index (κ2) is 6.50. The third kappa shape index (κ3) is 3.25. The Hall–Kier alpha value is -2.38. The summed E-state index contributed by atoms with van der Waals surface area (Å²) in [5.74, 6) is 0. The van der Waals surface area contributed by atoms with E-state index >= 15 is 0 Å². The predicted molar refractivity (Wildman–Crippen MR) is 97.9 cm³/mol. The minimum absolute atomic E-state index is 0.270. The van der Waals surface area contributed by atoms with Crippen LogP contribution >= 0.6 is 0 Å². The lowest BCUT2D eigenvalue weighted by atomic mass is 10.1. The van der Waals surface area contributed by atoms with Gasteiger partial charge in [-0.3, -0.25) is 5.10 Å². The number of nitrogens with zero attached hydrogens (tertiary/aromatic N) is 2. The number of anilines is 1. The van der Waals surface area contributed by atoms with Crippen molar-refractivity contribution in [3.63, 3.8) is 0 Å². The fourth-order valence-corrected chi connectivity index (χ4v) is 4.74. The van der Waals surface area contributed by atoms with Gasteiger partial charge in [0.2, 0.25) is 10.0 Å². The lowest BCUT2D eigenvalue weighted by molar-refractivity contribution is 0.330. The van der Waals surface area contributed by atoms with E-state index in [4.69, 9.17) is 0 Å².